The number of thioether (sulfide) groups is 1. The lowest BCUT2D eigenvalue weighted by Crippen LogP contribution is -2.13. The van der Waals surface area contributed by atoms with Crippen LogP contribution < -0.4 is 5.73 Å². The molecule has 5 heteroatoms. The van der Waals surface area contributed by atoms with Crippen molar-refractivity contribution in [1.29, 1.82) is 0 Å². The molecule has 0 aliphatic heterocycles. The Morgan fingerprint density at radius 2 is 1.84 bits per heavy atom. The van der Waals surface area contributed by atoms with Crippen molar-refractivity contribution in [1.82, 2.24) is 0 Å². The highest BCUT2D eigenvalue weighted by atomic mass is 35.5. The van der Waals surface area contributed by atoms with Gasteiger partial charge >= 0.3 is 0 Å². The fourth-order valence-corrected chi connectivity index (χ4v) is 2.81. The van der Waals surface area contributed by atoms with Crippen LogP contribution in [-0.4, -0.2) is 5.75 Å². The molecule has 0 saturated carbocycles. The minimum atomic E-state index is -0.879. The van der Waals surface area contributed by atoms with Crippen molar-refractivity contribution in [3.05, 3.63) is 64.7 Å². The highest BCUT2D eigenvalue weighted by Crippen LogP contribution is 2.29. The third kappa shape index (κ3) is 3.69. The van der Waals surface area contributed by atoms with Gasteiger partial charge in [-0.3, -0.25) is 0 Å². The van der Waals surface area contributed by atoms with E-state index in [0.29, 0.717) is 16.3 Å². The van der Waals surface area contributed by atoms with Crippen LogP contribution in [-0.2, 0) is 0 Å². The summed E-state index contributed by atoms with van der Waals surface area (Å²) in [5.41, 5.74) is 6.53. The number of rotatable bonds is 4. The van der Waals surface area contributed by atoms with Gasteiger partial charge in [0.05, 0.1) is 5.02 Å². The van der Waals surface area contributed by atoms with Crippen LogP contribution in [0.1, 0.15) is 11.6 Å². The predicted molar refractivity (Wildman–Crippen MR) is 75.5 cm³/mol. The van der Waals surface area contributed by atoms with E-state index < -0.39 is 11.6 Å². The maximum absolute atomic E-state index is 13.1. The summed E-state index contributed by atoms with van der Waals surface area (Å²) in [6, 6.07) is 10.8. The molecule has 0 fully saturated rings. The Bertz CT molecular complexity index is 577. The molecule has 0 heterocycles. The Kier molecular flexibility index (Phi) is 4.80. The number of halogens is 3. The molecule has 0 radical (unpaired) electrons. The van der Waals surface area contributed by atoms with Crippen LogP contribution in [0.2, 0.25) is 5.02 Å². The van der Waals surface area contributed by atoms with Crippen LogP contribution in [0, 0.1) is 11.6 Å². The number of hydrogen-bond donors (Lipinski definition) is 1. The maximum Gasteiger partial charge on any atom is 0.159 e. The molecule has 19 heavy (non-hydrogen) atoms. The number of nitrogens with two attached hydrogens (primary N) is 1. The third-order valence-corrected chi connectivity index (χ3v) is 4.26. The zero-order chi connectivity index (χ0) is 13.8. The van der Waals surface area contributed by atoms with E-state index in [1.54, 1.807) is 6.07 Å². The lowest BCUT2D eigenvalue weighted by molar-refractivity contribution is 0.506. The summed E-state index contributed by atoms with van der Waals surface area (Å²) in [6.07, 6.45) is 0. The first-order valence-electron chi connectivity index (χ1n) is 5.66. The van der Waals surface area contributed by atoms with Crippen LogP contribution in [0.4, 0.5) is 8.78 Å². The molecule has 0 aliphatic carbocycles. The van der Waals surface area contributed by atoms with Crippen LogP contribution in [0.5, 0.6) is 0 Å². The van der Waals surface area contributed by atoms with E-state index in [0.717, 1.165) is 17.0 Å². The van der Waals surface area contributed by atoms with Crippen LogP contribution in [0.25, 0.3) is 0 Å². The highest BCUT2D eigenvalue weighted by molar-refractivity contribution is 7.99. The molecule has 1 atom stereocenters. The molecule has 0 saturated heterocycles. The molecule has 1 nitrogen and oxygen atoms in total. The van der Waals surface area contributed by atoms with Gasteiger partial charge in [-0.05, 0) is 29.8 Å². The van der Waals surface area contributed by atoms with Crippen molar-refractivity contribution in [2.75, 3.05) is 5.75 Å². The van der Waals surface area contributed by atoms with Crippen molar-refractivity contribution >= 4 is 23.4 Å². The summed E-state index contributed by atoms with van der Waals surface area (Å²) in [7, 11) is 0. The summed E-state index contributed by atoms with van der Waals surface area (Å²) in [5.74, 6) is -1.21. The Morgan fingerprint density at radius 3 is 2.53 bits per heavy atom. The zero-order valence-electron chi connectivity index (χ0n) is 9.95. The molecule has 100 valence electrons. The standard InChI is InChI=1S/C14H12ClF2NS/c15-10-3-1-2-4-14(10)19-8-13(18)9-5-6-11(16)12(17)7-9/h1-7,13H,8,18H2. The van der Waals surface area contributed by atoms with Gasteiger partial charge < -0.3 is 5.73 Å². The highest BCUT2D eigenvalue weighted by Gasteiger charge is 2.11. The molecule has 0 aromatic heterocycles. The lowest BCUT2D eigenvalue weighted by atomic mass is 10.1. The van der Waals surface area contributed by atoms with Crippen LogP contribution in [0.15, 0.2) is 47.4 Å². The summed E-state index contributed by atoms with van der Waals surface area (Å²) in [6.45, 7) is 0. The topological polar surface area (TPSA) is 26.0 Å². The first-order valence-corrected chi connectivity index (χ1v) is 7.02. The van der Waals surface area contributed by atoms with E-state index >= 15 is 0 Å². The normalized spacial score (nSPS) is 12.4. The van der Waals surface area contributed by atoms with Crippen molar-refractivity contribution in [3.63, 3.8) is 0 Å². The molecule has 0 spiro atoms. The third-order valence-electron chi connectivity index (χ3n) is 2.63. The van der Waals surface area contributed by atoms with Gasteiger partial charge in [-0.25, -0.2) is 8.78 Å². The summed E-state index contributed by atoms with van der Waals surface area (Å²) in [5, 5.41) is 0.657. The molecule has 2 aromatic rings. The molecule has 0 aliphatic rings. The molecular weight excluding hydrogens is 288 g/mol. The van der Waals surface area contributed by atoms with Crippen LogP contribution in [0.3, 0.4) is 0 Å². The first-order chi connectivity index (χ1) is 9.08. The summed E-state index contributed by atoms with van der Waals surface area (Å²) < 4.78 is 25.9. The average Bonchev–Trinajstić information content (AvgIpc) is 2.40. The zero-order valence-corrected chi connectivity index (χ0v) is 11.5. The monoisotopic (exact) mass is 299 g/mol. The fourth-order valence-electron chi connectivity index (χ4n) is 1.58. The lowest BCUT2D eigenvalue weighted by Gasteiger charge is -2.12. The first kappa shape index (κ1) is 14.3. The largest absolute Gasteiger partial charge is 0.323 e. The van der Waals surface area contributed by atoms with Gasteiger partial charge in [0.25, 0.3) is 0 Å². The van der Waals surface area contributed by atoms with Gasteiger partial charge in [0.15, 0.2) is 11.6 Å². The van der Waals surface area contributed by atoms with Gasteiger partial charge in [-0.15, -0.1) is 11.8 Å². The second-order valence-corrected chi connectivity index (χ2v) is 5.49. The van der Waals surface area contributed by atoms with Crippen LogP contribution >= 0.6 is 23.4 Å². The van der Waals surface area contributed by atoms with Gasteiger partial charge in [-0.2, -0.15) is 0 Å². The minimum Gasteiger partial charge on any atom is -0.323 e. The van der Waals surface area contributed by atoms with Gasteiger partial charge in [0, 0.05) is 16.7 Å². The molecule has 0 bridgehead atoms. The van der Waals surface area contributed by atoms with E-state index in [-0.39, 0.29) is 6.04 Å². The summed E-state index contributed by atoms with van der Waals surface area (Å²) >= 11 is 7.52. The average molecular weight is 300 g/mol. The van der Waals surface area contributed by atoms with E-state index in [2.05, 4.69) is 0 Å². The van der Waals surface area contributed by atoms with Gasteiger partial charge in [-0.1, -0.05) is 29.8 Å². The van der Waals surface area contributed by atoms with Gasteiger partial charge in [0.2, 0.25) is 0 Å². The Hall–Kier alpha value is -1.10. The molecule has 2 N–H and O–H groups in total. The fraction of sp³-hybridized carbons (Fsp3) is 0.143. The predicted octanol–water partition coefficient (Wildman–Crippen LogP) is 4.41. The van der Waals surface area contributed by atoms with E-state index in [9.17, 15) is 8.78 Å². The Morgan fingerprint density at radius 1 is 1.11 bits per heavy atom. The second kappa shape index (κ2) is 6.37. The smallest absolute Gasteiger partial charge is 0.159 e. The quantitative estimate of drug-likeness (QED) is 0.846. The van der Waals surface area contributed by atoms with E-state index in [1.807, 2.05) is 18.2 Å². The van der Waals surface area contributed by atoms with Crippen molar-refractivity contribution in [2.24, 2.45) is 5.73 Å². The Balaban J connectivity index is 2.03. The molecular formula is C14H12ClF2NS. The van der Waals surface area contributed by atoms with E-state index in [4.69, 9.17) is 17.3 Å². The number of hydrogen-bond acceptors (Lipinski definition) is 2. The SMILES string of the molecule is NC(CSc1ccccc1Cl)c1ccc(F)c(F)c1. The second-order valence-electron chi connectivity index (χ2n) is 4.02. The van der Waals surface area contributed by atoms with Crippen molar-refractivity contribution in [2.45, 2.75) is 10.9 Å². The maximum atomic E-state index is 13.1. The van der Waals surface area contributed by atoms with Gasteiger partial charge in [0.1, 0.15) is 0 Å². The molecule has 2 aromatic carbocycles. The van der Waals surface area contributed by atoms with Crippen molar-refractivity contribution < 1.29 is 8.78 Å². The molecule has 1 unspecified atom stereocenters. The van der Waals surface area contributed by atoms with Crippen molar-refractivity contribution in [3.8, 4) is 0 Å². The minimum absolute atomic E-state index is 0.378. The Labute approximate surface area is 119 Å². The molecule has 0 amide bonds. The van der Waals surface area contributed by atoms with E-state index in [1.165, 1.54) is 17.8 Å². The number of benzene rings is 2. The summed E-state index contributed by atoms with van der Waals surface area (Å²) in [4.78, 5) is 0.919. The molecule has 2 rings (SSSR count).